The van der Waals surface area contributed by atoms with E-state index < -0.39 is 15.8 Å². The van der Waals surface area contributed by atoms with Gasteiger partial charge in [0.05, 0.1) is 4.88 Å². The Labute approximate surface area is 292 Å². The fourth-order valence-corrected chi connectivity index (χ4v) is 11.0. The third kappa shape index (κ3) is 8.17. The second-order valence-electron chi connectivity index (χ2n) is 9.57. The van der Waals surface area contributed by atoms with Gasteiger partial charge in [-0.15, -0.1) is 13.2 Å². The van der Waals surface area contributed by atoms with Gasteiger partial charge in [0.2, 0.25) is 0 Å². The van der Waals surface area contributed by atoms with Crippen LogP contribution in [0.3, 0.4) is 0 Å². The Kier molecular flexibility index (Phi) is 13.4. The van der Waals surface area contributed by atoms with Crippen LogP contribution in [0.1, 0.15) is 0 Å². The maximum Gasteiger partial charge on any atom is 2.00 e. The van der Waals surface area contributed by atoms with Crippen molar-refractivity contribution in [3.05, 3.63) is 180 Å². The molecular weight excluding hydrogens is 700 g/mol. The molecule has 0 radical (unpaired) electrons. The largest absolute Gasteiger partial charge is 2.00 e. The minimum atomic E-state index is -0.628. The molecule has 0 aliphatic carbocycles. The van der Waals surface area contributed by atoms with Gasteiger partial charge >= 0.3 is 17.1 Å². The van der Waals surface area contributed by atoms with Crippen molar-refractivity contribution in [3.63, 3.8) is 0 Å². The van der Waals surface area contributed by atoms with Gasteiger partial charge in [-0.25, -0.2) is 29.8 Å². The molecular formula is C38H29ClFeNiP2S. The second kappa shape index (κ2) is 17.2. The van der Waals surface area contributed by atoms with E-state index >= 15 is 0 Å². The molecule has 0 unspecified atom stereocenters. The third-order valence-electron chi connectivity index (χ3n) is 6.85. The molecule has 222 valence electrons. The minimum Gasteiger partial charge on any atom is -0.276 e. The zero-order valence-corrected chi connectivity index (χ0v) is 29.0. The number of rotatable bonds is 7. The summed E-state index contributed by atoms with van der Waals surface area (Å²) in [6.07, 6.45) is 0. The predicted molar refractivity (Wildman–Crippen MR) is 190 cm³/mol. The van der Waals surface area contributed by atoms with E-state index in [1.54, 1.807) is 11.3 Å². The Bertz CT molecular complexity index is 1700. The zero-order valence-electron chi connectivity index (χ0n) is 23.6. The fourth-order valence-electron chi connectivity index (χ4n) is 4.99. The van der Waals surface area contributed by atoms with Crippen molar-refractivity contribution in [1.82, 2.24) is 0 Å². The van der Waals surface area contributed by atoms with Crippen molar-refractivity contribution in [3.8, 4) is 10.4 Å². The topological polar surface area (TPSA) is 0 Å². The predicted octanol–water partition coefficient (Wildman–Crippen LogP) is 8.70. The van der Waals surface area contributed by atoms with E-state index in [0.717, 1.165) is 5.02 Å². The van der Waals surface area contributed by atoms with E-state index in [4.69, 9.17) is 11.6 Å². The number of hydrogen-bond donors (Lipinski definition) is 0. The molecule has 0 bridgehead atoms. The summed E-state index contributed by atoms with van der Waals surface area (Å²) in [5, 5.41) is 11.2. The summed E-state index contributed by atoms with van der Waals surface area (Å²) in [6, 6.07) is 60.2. The Balaban J connectivity index is 0.000000199. The van der Waals surface area contributed by atoms with Gasteiger partial charge in [-0.05, 0) is 35.2 Å². The van der Waals surface area contributed by atoms with E-state index in [9.17, 15) is 0 Å². The molecule has 0 saturated heterocycles. The summed E-state index contributed by atoms with van der Waals surface area (Å²) in [7, 11) is -1.04. The average Bonchev–Trinajstić information content (AvgIpc) is 3.84. The van der Waals surface area contributed by atoms with E-state index in [-0.39, 0.29) is 33.6 Å². The van der Waals surface area contributed by atoms with E-state index in [0.29, 0.717) is 0 Å². The molecule has 0 nitrogen and oxygen atoms in total. The van der Waals surface area contributed by atoms with Crippen LogP contribution in [-0.2, 0) is 33.6 Å². The van der Waals surface area contributed by atoms with Crippen LogP contribution in [0.5, 0.6) is 0 Å². The molecule has 0 spiro atoms. The van der Waals surface area contributed by atoms with Crippen molar-refractivity contribution >= 4 is 70.6 Å². The van der Waals surface area contributed by atoms with Crippen molar-refractivity contribution < 1.29 is 33.6 Å². The third-order valence-corrected chi connectivity index (χ3v) is 13.0. The van der Waals surface area contributed by atoms with Crippen LogP contribution in [0.2, 0.25) is 5.02 Å². The first-order valence-electron chi connectivity index (χ1n) is 13.8. The van der Waals surface area contributed by atoms with Gasteiger partial charge in [0.15, 0.2) is 5.38 Å². The van der Waals surface area contributed by atoms with Gasteiger partial charge in [-0.3, -0.25) is 6.07 Å². The summed E-state index contributed by atoms with van der Waals surface area (Å²) in [4.78, 5) is 1.24. The molecule has 7 rings (SSSR count). The van der Waals surface area contributed by atoms with Crippen molar-refractivity contribution in [2.75, 3.05) is 0 Å². The number of benzene rings is 4. The van der Waals surface area contributed by atoms with E-state index in [2.05, 4.69) is 169 Å². The normalized spacial score (nSPS) is 10.4. The molecule has 0 atom stereocenters. The summed E-state index contributed by atoms with van der Waals surface area (Å²) >= 11 is 8.32. The average molecular weight is 730 g/mol. The molecule has 7 aromatic rings. The van der Waals surface area contributed by atoms with Gasteiger partial charge in [0, 0.05) is 16.5 Å². The van der Waals surface area contributed by atoms with E-state index in [1.165, 1.54) is 42.3 Å². The molecule has 0 aliphatic rings. The van der Waals surface area contributed by atoms with Gasteiger partial charge in [0.25, 0.3) is 0 Å². The number of halogens is 1. The van der Waals surface area contributed by atoms with Crippen molar-refractivity contribution in [1.29, 1.82) is 0 Å². The van der Waals surface area contributed by atoms with Crippen molar-refractivity contribution in [2.45, 2.75) is 0 Å². The van der Waals surface area contributed by atoms with Crippen LogP contribution in [0.15, 0.2) is 175 Å². The molecule has 0 saturated carbocycles. The molecule has 6 heteroatoms. The fraction of sp³-hybridized carbons (Fsp3) is 0. The quantitative estimate of drug-likeness (QED) is 0.0667. The van der Waals surface area contributed by atoms with Crippen LogP contribution in [-0.4, -0.2) is 0 Å². The summed E-state index contributed by atoms with van der Waals surface area (Å²) in [5.41, 5.74) is 1.19. The number of hydrogen-bond acceptors (Lipinski definition) is 0. The van der Waals surface area contributed by atoms with Crippen LogP contribution in [0, 0.1) is 0 Å². The minimum absolute atomic E-state index is 0. The summed E-state index contributed by atoms with van der Waals surface area (Å²) in [6.45, 7) is 0. The first-order chi connectivity index (χ1) is 20.8. The molecule has 1 heterocycles. The van der Waals surface area contributed by atoms with Crippen LogP contribution in [0.25, 0.3) is 10.4 Å². The molecule has 1 aromatic heterocycles. The molecule has 0 aliphatic heterocycles. The SMILES string of the molecule is Clc1cc[c-](P(c2ccccc2)c2ccccc2)c1-[c-]1ccc[s+]1.[Fe+2].[Ni].c1ccc(P(c2ccccc2)c2ccc[cH-]2)cc1. The first kappa shape index (κ1) is 34.3. The molecule has 6 aromatic carbocycles. The van der Waals surface area contributed by atoms with Gasteiger partial charge in [-0.2, -0.15) is 28.0 Å². The number of thiophene rings is 1. The summed E-state index contributed by atoms with van der Waals surface area (Å²) in [5.74, 6) is 0. The maximum atomic E-state index is 6.57. The molecule has 44 heavy (non-hydrogen) atoms. The van der Waals surface area contributed by atoms with Crippen LogP contribution in [0.4, 0.5) is 0 Å². The molecule has 0 N–H and O–H groups in total. The van der Waals surface area contributed by atoms with Crippen LogP contribution >= 0.6 is 38.8 Å². The molecule has 0 fully saturated rings. The Morgan fingerprint density at radius 2 is 1.07 bits per heavy atom. The van der Waals surface area contributed by atoms with E-state index in [1.807, 2.05) is 6.07 Å². The monoisotopic (exact) mass is 728 g/mol. The maximum absolute atomic E-state index is 6.57. The Morgan fingerprint density at radius 1 is 0.568 bits per heavy atom. The van der Waals surface area contributed by atoms with Crippen molar-refractivity contribution in [2.24, 2.45) is 0 Å². The molecule has 0 amide bonds. The van der Waals surface area contributed by atoms with Gasteiger partial charge in [0.1, 0.15) is 11.3 Å². The van der Waals surface area contributed by atoms with Crippen LogP contribution < -0.4 is 31.8 Å². The Hall–Kier alpha value is -2.56. The zero-order chi connectivity index (χ0) is 28.6. The first-order valence-corrected chi connectivity index (χ1v) is 17.7. The van der Waals surface area contributed by atoms with Gasteiger partial charge in [-0.1, -0.05) is 127 Å². The second-order valence-corrected chi connectivity index (χ2v) is 15.3. The summed E-state index contributed by atoms with van der Waals surface area (Å²) < 4.78 is 0. The van der Waals surface area contributed by atoms with Gasteiger partial charge < -0.3 is 0 Å². The smallest absolute Gasteiger partial charge is 0.276 e. The standard InChI is InChI=1S/C21H15ClPS.C17H14P.Fe.Ni/c22-18-13-14-19(21(18)20-12-7-15-24-20)23(16-8-3-1-4-9-16)17-10-5-2-6-11-17;1-3-9-15(10-4-1)18(17-13-7-8-14-17)16-11-5-2-6-12-16;;/h1-15H;1-14H;;/q2*-1;+2;. The Morgan fingerprint density at radius 3 is 1.50 bits per heavy atom.